The molecule has 7 nitrogen and oxygen atoms in total. The van der Waals surface area contributed by atoms with E-state index in [4.69, 9.17) is 4.74 Å². The van der Waals surface area contributed by atoms with Crippen LogP contribution in [0.25, 0.3) is 6.08 Å². The Morgan fingerprint density at radius 1 is 0.725 bits per heavy atom. The molecule has 2 atom stereocenters. The zero-order chi connectivity index (χ0) is 35.1. The number of hydrogen-bond donors (Lipinski definition) is 1. The average Bonchev–Trinajstić information content (AvgIpc) is 3.15. The third kappa shape index (κ3) is 6.20. The molecule has 3 aliphatic heterocycles. The van der Waals surface area contributed by atoms with Crippen molar-refractivity contribution in [3.05, 3.63) is 165 Å². The molecule has 51 heavy (non-hydrogen) atoms. The van der Waals surface area contributed by atoms with Gasteiger partial charge >= 0.3 is 6.03 Å². The molecule has 5 aromatic rings. The van der Waals surface area contributed by atoms with E-state index in [1.807, 2.05) is 36.4 Å². The summed E-state index contributed by atoms with van der Waals surface area (Å²) < 4.78 is 6.00. The summed E-state index contributed by atoms with van der Waals surface area (Å²) in [6, 6.07) is 37.6. The Morgan fingerprint density at radius 2 is 1.33 bits per heavy atom. The molecule has 0 saturated carbocycles. The average molecular weight is 674 g/mol. The van der Waals surface area contributed by atoms with Crippen LogP contribution in [0.2, 0.25) is 0 Å². The number of carbonyl (C=O) groups is 3. The van der Waals surface area contributed by atoms with E-state index in [-0.39, 0.29) is 17.4 Å². The van der Waals surface area contributed by atoms with Gasteiger partial charge in [-0.15, -0.1) is 0 Å². The van der Waals surface area contributed by atoms with Crippen LogP contribution in [0.4, 0.5) is 16.2 Å². The quantitative estimate of drug-likeness (QED) is 0.139. The van der Waals surface area contributed by atoms with E-state index in [0.717, 1.165) is 47.5 Å². The lowest BCUT2D eigenvalue weighted by Crippen LogP contribution is -2.54. The second kappa shape index (κ2) is 13.4. The maximum atomic E-state index is 14.2. The summed E-state index contributed by atoms with van der Waals surface area (Å²) >= 11 is 0. The van der Waals surface area contributed by atoms with Crippen LogP contribution in [0, 0.1) is 13.8 Å². The van der Waals surface area contributed by atoms with Crippen LogP contribution in [-0.2, 0) is 16.2 Å². The van der Waals surface area contributed by atoms with Crippen LogP contribution in [-0.4, -0.2) is 30.9 Å². The highest BCUT2D eigenvalue weighted by Gasteiger charge is 2.40. The molecule has 0 spiro atoms. The summed E-state index contributed by atoms with van der Waals surface area (Å²) in [5, 5.41) is 2.44. The highest BCUT2D eigenvalue weighted by atomic mass is 16.5. The number of imide groups is 2. The van der Waals surface area contributed by atoms with Crippen molar-refractivity contribution in [2.24, 2.45) is 0 Å². The van der Waals surface area contributed by atoms with Gasteiger partial charge in [0.05, 0.1) is 5.69 Å². The fourth-order valence-corrected chi connectivity index (χ4v) is 7.75. The van der Waals surface area contributed by atoms with Crippen molar-refractivity contribution in [1.82, 2.24) is 5.32 Å². The van der Waals surface area contributed by atoms with Crippen molar-refractivity contribution in [3.63, 3.8) is 0 Å². The molecule has 0 aromatic heterocycles. The van der Waals surface area contributed by atoms with E-state index in [0.29, 0.717) is 23.6 Å². The van der Waals surface area contributed by atoms with Crippen LogP contribution >= 0.6 is 0 Å². The number of ether oxygens (including phenoxy) is 1. The Bertz CT molecular complexity index is 2100. The number of rotatable bonds is 7. The van der Waals surface area contributed by atoms with Gasteiger partial charge in [-0.2, -0.15) is 0 Å². The number of carbonyl (C=O) groups excluding carboxylic acids is 3. The summed E-state index contributed by atoms with van der Waals surface area (Å²) in [4.78, 5) is 44.5. The molecular weight excluding hydrogens is 635 g/mol. The van der Waals surface area contributed by atoms with E-state index in [1.54, 1.807) is 12.1 Å². The largest absolute Gasteiger partial charge is 0.489 e. The molecule has 8 rings (SSSR count). The predicted octanol–water partition coefficient (Wildman–Crippen LogP) is 8.43. The van der Waals surface area contributed by atoms with E-state index < -0.39 is 17.8 Å². The first-order valence-electron chi connectivity index (χ1n) is 17.6. The third-order valence-electron chi connectivity index (χ3n) is 10.5. The highest BCUT2D eigenvalue weighted by Crippen LogP contribution is 2.50. The van der Waals surface area contributed by atoms with Crippen molar-refractivity contribution < 1.29 is 19.1 Å². The van der Waals surface area contributed by atoms with Crippen molar-refractivity contribution in [2.75, 3.05) is 22.9 Å². The fraction of sp³-hybridized carbons (Fsp3) is 0.205. The SMILES string of the molecule is Cc1ccc(COc2ccc(/C=C3\C(=O)NC(=O)N(c4cc5c6c(c4)[C@H](c4ccccc4)CCN6CC[C@H]5c4ccccc4)C3=O)cc2)cc1C. The van der Waals surface area contributed by atoms with E-state index in [1.165, 1.54) is 34.0 Å². The predicted molar refractivity (Wildman–Crippen MR) is 200 cm³/mol. The summed E-state index contributed by atoms with van der Waals surface area (Å²) in [5.41, 5.74) is 10.3. The smallest absolute Gasteiger partial charge is 0.335 e. The molecular formula is C44H39N3O4. The lowest BCUT2D eigenvalue weighted by molar-refractivity contribution is -0.122. The zero-order valence-electron chi connectivity index (χ0n) is 28.8. The molecule has 5 aromatic carbocycles. The molecule has 0 aliphatic carbocycles. The molecule has 0 radical (unpaired) electrons. The monoisotopic (exact) mass is 673 g/mol. The Kier molecular flexibility index (Phi) is 8.48. The summed E-state index contributed by atoms with van der Waals surface area (Å²) in [6.07, 6.45) is 3.38. The number of urea groups is 1. The summed E-state index contributed by atoms with van der Waals surface area (Å²) in [6.45, 7) is 6.45. The Balaban J connectivity index is 1.14. The first-order valence-corrected chi connectivity index (χ1v) is 17.6. The Hall–Kier alpha value is -5.95. The van der Waals surface area contributed by atoms with Gasteiger partial charge in [0.1, 0.15) is 17.9 Å². The van der Waals surface area contributed by atoms with Crippen molar-refractivity contribution in [1.29, 1.82) is 0 Å². The topological polar surface area (TPSA) is 79.0 Å². The number of nitrogens with zero attached hydrogens (tertiary/aromatic N) is 2. The third-order valence-corrected chi connectivity index (χ3v) is 10.5. The van der Waals surface area contributed by atoms with Gasteiger partial charge in [-0.1, -0.05) is 91.0 Å². The molecule has 1 N–H and O–H groups in total. The second-order valence-electron chi connectivity index (χ2n) is 13.7. The summed E-state index contributed by atoms with van der Waals surface area (Å²) in [5.74, 6) is -0.500. The van der Waals surface area contributed by atoms with Crippen LogP contribution in [0.5, 0.6) is 5.75 Å². The number of amides is 4. The van der Waals surface area contributed by atoms with Gasteiger partial charge in [-0.25, -0.2) is 9.69 Å². The van der Waals surface area contributed by atoms with Gasteiger partial charge in [0, 0.05) is 30.6 Å². The van der Waals surface area contributed by atoms with Crippen LogP contribution in [0.1, 0.15) is 69.2 Å². The number of anilines is 2. The van der Waals surface area contributed by atoms with Crippen molar-refractivity contribution in [3.8, 4) is 5.75 Å². The number of benzene rings is 5. The maximum Gasteiger partial charge on any atom is 0.335 e. The number of aryl methyl sites for hydroxylation is 2. The molecule has 254 valence electrons. The minimum absolute atomic E-state index is 0.0982. The van der Waals surface area contributed by atoms with Gasteiger partial charge in [0.25, 0.3) is 11.8 Å². The minimum Gasteiger partial charge on any atom is -0.489 e. The molecule has 7 heteroatoms. The van der Waals surface area contributed by atoms with Crippen LogP contribution in [0.15, 0.2) is 121 Å². The van der Waals surface area contributed by atoms with Gasteiger partial charge in [0.15, 0.2) is 0 Å². The molecule has 3 aliphatic rings. The molecule has 0 bridgehead atoms. The van der Waals surface area contributed by atoms with E-state index in [2.05, 4.69) is 90.8 Å². The number of barbiturate groups is 1. The Morgan fingerprint density at radius 3 is 1.92 bits per heavy atom. The first kappa shape index (κ1) is 32.3. The van der Waals surface area contributed by atoms with E-state index >= 15 is 0 Å². The standard InChI is InChI=1S/C44H39N3O4/c1-28-13-14-31(23-29(28)2)27-51-35-17-15-30(16-18-35)24-40-42(48)45-44(50)47(43(40)49)34-25-38-36(32-9-5-3-6-10-32)19-21-46-22-20-37(39(26-34)41(38)46)33-11-7-4-8-12-33/h3-18,23-26,36-37H,19-22,27H2,1-2H3,(H,45,48,50)/b40-24+/t36-,37-/m0/s1. The van der Waals surface area contributed by atoms with Gasteiger partial charge in [-0.3, -0.25) is 14.9 Å². The normalized spacial score (nSPS) is 19.2. The van der Waals surface area contributed by atoms with E-state index in [9.17, 15) is 14.4 Å². The fourth-order valence-electron chi connectivity index (χ4n) is 7.75. The molecule has 4 amide bonds. The van der Waals surface area contributed by atoms with Gasteiger partial charge in [-0.05, 0) is 102 Å². The van der Waals surface area contributed by atoms with Crippen molar-refractivity contribution >= 4 is 35.3 Å². The molecule has 1 fully saturated rings. The molecule has 1 saturated heterocycles. The minimum atomic E-state index is -0.750. The second-order valence-corrected chi connectivity index (χ2v) is 13.7. The highest BCUT2D eigenvalue weighted by molar-refractivity contribution is 6.39. The number of hydrogen-bond acceptors (Lipinski definition) is 5. The van der Waals surface area contributed by atoms with Crippen LogP contribution < -0.4 is 19.9 Å². The lowest BCUT2D eigenvalue weighted by atomic mass is 9.76. The first-order chi connectivity index (χ1) is 24.8. The van der Waals surface area contributed by atoms with Crippen molar-refractivity contribution in [2.45, 2.75) is 45.1 Å². The maximum absolute atomic E-state index is 14.2. The molecule has 0 unspecified atom stereocenters. The molecule has 3 heterocycles. The zero-order valence-corrected chi connectivity index (χ0v) is 28.8. The van der Waals surface area contributed by atoms with Gasteiger partial charge in [0.2, 0.25) is 0 Å². The number of nitrogens with one attached hydrogen (secondary N) is 1. The van der Waals surface area contributed by atoms with Crippen LogP contribution in [0.3, 0.4) is 0 Å². The van der Waals surface area contributed by atoms with Gasteiger partial charge < -0.3 is 9.64 Å². The Labute approximate surface area is 298 Å². The lowest BCUT2D eigenvalue weighted by Gasteiger charge is -2.44. The summed E-state index contributed by atoms with van der Waals surface area (Å²) in [7, 11) is 0.